The summed E-state index contributed by atoms with van der Waals surface area (Å²) in [5, 5.41) is 6.27. The van der Waals surface area contributed by atoms with Gasteiger partial charge in [0.05, 0.1) is 21.8 Å². The summed E-state index contributed by atoms with van der Waals surface area (Å²) in [6, 6.07) is 11.5. The molecule has 0 saturated carbocycles. The topological polar surface area (TPSA) is 58.2 Å². The Morgan fingerprint density at radius 3 is 2.50 bits per heavy atom. The number of halogens is 2. The Kier molecular flexibility index (Phi) is 6.64. The van der Waals surface area contributed by atoms with Crippen molar-refractivity contribution in [3.8, 4) is 0 Å². The third-order valence-corrected chi connectivity index (χ3v) is 3.97. The normalized spacial score (nSPS) is 10.3. The van der Waals surface area contributed by atoms with E-state index in [1.165, 1.54) is 6.07 Å². The van der Waals surface area contributed by atoms with Crippen LogP contribution in [0.15, 0.2) is 42.5 Å². The van der Waals surface area contributed by atoms with Crippen molar-refractivity contribution >= 4 is 40.7 Å². The number of nitrogens with one attached hydrogen (secondary N) is 2. The van der Waals surface area contributed by atoms with Crippen molar-refractivity contribution in [1.29, 1.82) is 0 Å². The zero-order valence-electron chi connectivity index (χ0n) is 13.2. The maximum Gasteiger partial charge on any atom is 0.257 e. The first-order valence-corrected chi connectivity index (χ1v) is 8.42. The molecular weight excluding hydrogens is 347 g/mol. The second-order valence-electron chi connectivity index (χ2n) is 5.23. The van der Waals surface area contributed by atoms with Crippen LogP contribution in [0.5, 0.6) is 0 Å². The van der Waals surface area contributed by atoms with Crippen LogP contribution in [0.3, 0.4) is 0 Å². The summed E-state index contributed by atoms with van der Waals surface area (Å²) in [4.78, 5) is 24.7. The van der Waals surface area contributed by atoms with Crippen molar-refractivity contribution in [3.05, 3.63) is 63.6 Å². The fraction of sp³-hybridized carbons (Fsp3) is 0.222. The van der Waals surface area contributed by atoms with Gasteiger partial charge in [-0.25, -0.2) is 0 Å². The molecule has 0 aromatic heterocycles. The van der Waals surface area contributed by atoms with Gasteiger partial charge in [0.25, 0.3) is 11.8 Å². The van der Waals surface area contributed by atoms with Crippen LogP contribution in [0.25, 0.3) is 0 Å². The Bertz CT molecular complexity index is 748. The van der Waals surface area contributed by atoms with Gasteiger partial charge in [-0.15, -0.1) is 0 Å². The molecule has 6 heteroatoms. The van der Waals surface area contributed by atoms with Crippen molar-refractivity contribution in [1.82, 2.24) is 5.32 Å². The molecule has 2 N–H and O–H groups in total. The van der Waals surface area contributed by atoms with Gasteiger partial charge in [0.15, 0.2) is 0 Å². The van der Waals surface area contributed by atoms with E-state index in [-0.39, 0.29) is 11.5 Å². The second kappa shape index (κ2) is 8.71. The van der Waals surface area contributed by atoms with Gasteiger partial charge in [-0.1, -0.05) is 48.7 Å². The first-order valence-electron chi connectivity index (χ1n) is 7.66. The summed E-state index contributed by atoms with van der Waals surface area (Å²) in [6.07, 6.45) is 1.89. The highest BCUT2D eigenvalue weighted by molar-refractivity contribution is 6.36. The van der Waals surface area contributed by atoms with Gasteiger partial charge in [-0.3, -0.25) is 9.59 Å². The lowest BCUT2D eigenvalue weighted by molar-refractivity contribution is 0.0954. The standard InChI is InChI=1S/C18H18Cl2N2O2/c1-2-3-10-21-17(23)13-6-4-5-7-16(13)22-18(24)14-11-12(19)8-9-15(14)20/h4-9,11H,2-3,10H2,1H3,(H,21,23)(H,22,24). The summed E-state index contributed by atoms with van der Waals surface area (Å²) < 4.78 is 0. The van der Waals surface area contributed by atoms with E-state index in [4.69, 9.17) is 23.2 Å². The first kappa shape index (κ1) is 18.3. The third-order valence-electron chi connectivity index (χ3n) is 3.41. The van der Waals surface area contributed by atoms with Crippen LogP contribution < -0.4 is 10.6 Å². The van der Waals surface area contributed by atoms with Gasteiger partial charge in [0.1, 0.15) is 0 Å². The molecule has 2 amide bonds. The maximum atomic E-state index is 12.4. The summed E-state index contributed by atoms with van der Waals surface area (Å²) in [5.74, 6) is -0.646. The van der Waals surface area contributed by atoms with Crippen LogP contribution in [0.1, 0.15) is 40.5 Å². The SMILES string of the molecule is CCCCNC(=O)c1ccccc1NC(=O)c1cc(Cl)ccc1Cl. The molecule has 0 fully saturated rings. The van der Waals surface area contributed by atoms with Crippen LogP contribution in [0.4, 0.5) is 5.69 Å². The summed E-state index contributed by atoms with van der Waals surface area (Å²) in [7, 11) is 0. The minimum Gasteiger partial charge on any atom is -0.352 e. The number of para-hydroxylation sites is 1. The Labute approximate surface area is 151 Å². The molecule has 0 atom stereocenters. The van der Waals surface area contributed by atoms with Crippen molar-refractivity contribution < 1.29 is 9.59 Å². The lowest BCUT2D eigenvalue weighted by atomic mass is 10.1. The Morgan fingerprint density at radius 2 is 1.75 bits per heavy atom. The van der Waals surface area contributed by atoms with E-state index in [0.717, 1.165) is 12.8 Å². The number of hydrogen-bond donors (Lipinski definition) is 2. The maximum absolute atomic E-state index is 12.4. The minimum absolute atomic E-state index is 0.225. The lowest BCUT2D eigenvalue weighted by Crippen LogP contribution is -2.26. The molecule has 0 heterocycles. The number of anilines is 1. The fourth-order valence-corrected chi connectivity index (χ4v) is 2.50. The summed E-state index contributed by atoms with van der Waals surface area (Å²) >= 11 is 12.0. The minimum atomic E-state index is -0.420. The number of hydrogen-bond acceptors (Lipinski definition) is 2. The zero-order chi connectivity index (χ0) is 17.5. The molecule has 24 heavy (non-hydrogen) atoms. The molecule has 0 aliphatic rings. The molecule has 4 nitrogen and oxygen atoms in total. The molecule has 0 unspecified atom stereocenters. The number of carbonyl (C=O) groups excluding carboxylic acids is 2. The molecular formula is C18H18Cl2N2O2. The van der Waals surface area contributed by atoms with Crippen LogP contribution in [-0.4, -0.2) is 18.4 Å². The summed E-state index contributed by atoms with van der Waals surface area (Å²) in [6.45, 7) is 2.65. The first-order chi connectivity index (χ1) is 11.5. The van der Waals surface area contributed by atoms with Gasteiger partial charge >= 0.3 is 0 Å². The molecule has 126 valence electrons. The monoisotopic (exact) mass is 364 g/mol. The molecule has 0 aliphatic carbocycles. The van der Waals surface area contributed by atoms with Crippen molar-refractivity contribution in [2.45, 2.75) is 19.8 Å². The predicted molar refractivity (Wildman–Crippen MR) is 98.1 cm³/mol. The summed E-state index contributed by atoms with van der Waals surface area (Å²) in [5.41, 5.74) is 1.08. The van der Waals surface area contributed by atoms with Crippen LogP contribution >= 0.6 is 23.2 Å². The molecule has 0 saturated heterocycles. The largest absolute Gasteiger partial charge is 0.352 e. The quantitative estimate of drug-likeness (QED) is 0.724. The molecule has 0 aliphatic heterocycles. The van der Waals surface area contributed by atoms with E-state index < -0.39 is 5.91 Å². The van der Waals surface area contributed by atoms with Gasteiger partial charge in [0, 0.05) is 11.6 Å². The van der Waals surface area contributed by atoms with Gasteiger partial charge in [-0.05, 0) is 36.8 Å². The third kappa shape index (κ3) is 4.73. The second-order valence-corrected chi connectivity index (χ2v) is 6.08. The van der Waals surface area contributed by atoms with Gasteiger partial charge < -0.3 is 10.6 Å². The number of carbonyl (C=O) groups is 2. The Morgan fingerprint density at radius 1 is 1.00 bits per heavy atom. The van der Waals surface area contributed by atoms with Crippen molar-refractivity contribution in [2.75, 3.05) is 11.9 Å². The van der Waals surface area contributed by atoms with Gasteiger partial charge in [-0.2, -0.15) is 0 Å². The highest BCUT2D eigenvalue weighted by Crippen LogP contribution is 2.23. The van der Waals surface area contributed by atoms with Gasteiger partial charge in [0.2, 0.25) is 0 Å². The molecule has 0 bridgehead atoms. The highest BCUT2D eigenvalue weighted by Gasteiger charge is 2.16. The van der Waals surface area contributed by atoms with E-state index in [2.05, 4.69) is 17.6 Å². The van der Waals surface area contributed by atoms with E-state index in [1.807, 2.05) is 0 Å². The van der Waals surface area contributed by atoms with Crippen molar-refractivity contribution in [3.63, 3.8) is 0 Å². The molecule has 0 radical (unpaired) electrons. The molecule has 2 aromatic carbocycles. The number of unbranched alkanes of at least 4 members (excludes halogenated alkanes) is 1. The zero-order valence-corrected chi connectivity index (χ0v) is 14.7. The van der Waals surface area contributed by atoms with E-state index in [9.17, 15) is 9.59 Å². The predicted octanol–water partition coefficient (Wildman–Crippen LogP) is 4.78. The van der Waals surface area contributed by atoms with E-state index in [1.54, 1.807) is 36.4 Å². The average molecular weight is 365 g/mol. The average Bonchev–Trinajstić information content (AvgIpc) is 2.57. The highest BCUT2D eigenvalue weighted by atomic mass is 35.5. The van der Waals surface area contributed by atoms with Crippen LogP contribution in [0.2, 0.25) is 10.0 Å². The number of rotatable bonds is 6. The molecule has 0 spiro atoms. The van der Waals surface area contributed by atoms with E-state index in [0.29, 0.717) is 27.8 Å². The van der Waals surface area contributed by atoms with Crippen LogP contribution in [0, 0.1) is 0 Å². The van der Waals surface area contributed by atoms with Crippen LogP contribution in [-0.2, 0) is 0 Å². The van der Waals surface area contributed by atoms with Crippen molar-refractivity contribution in [2.24, 2.45) is 0 Å². The molecule has 2 aromatic rings. The number of benzene rings is 2. The Hall–Kier alpha value is -2.04. The molecule has 2 rings (SSSR count). The number of amides is 2. The lowest BCUT2D eigenvalue weighted by Gasteiger charge is -2.12. The Balaban J connectivity index is 2.19. The fourth-order valence-electron chi connectivity index (χ4n) is 2.13. The smallest absolute Gasteiger partial charge is 0.257 e. The van der Waals surface area contributed by atoms with E-state index >= 15 is 0 Å².